The number of alkyl halides is 3. The molecule has 3 aliphatic heterocycles. The zero-order valence-corrected chi connectivity index (χ0v) is 22.5. The second kappa shape index (κ2) is 8.50. The summed E-state index contributed by atoms with van der Waals surface area (Å²) in [6, 6.07) is 16.0. The SMILES string of the molecule is CC(C)[C@H]1N[C@@]2(c3ccccc3-n3c2nc2ccccc2c3=O)[C@H]2C(=O)N(c3cc(C(F)(F)F)ccc3Cl)C(=O)[C@@H]12. The van der Waals surface area contributed by atoms with Crippen molar-refractivity contribution in [2.45, 2.75) is 31.6 Å². The van der Waals surface area contributed by atoms with Crippen LogP contribution in [0.4, 0.5) is 18.9 Å². The van der Waals surface area contributed by atoms with Gasteiger partial charge in [0.05, 0.1) is 44.7 Å². The number of para-hydroxylation sites is 2. The summed E-state index contributed by atoms with van der Waals surface area (Å²) in [7, 11) is 0. The molecule has 2 saturated heterocycles. The molecule has 2 fully saturated rings. The molecule has 0 radical (unpaired) electrons. The average molecular weight is 579 g/mol. The van der Waals surface area contributed by atoms with Crippen LogP contribution in [0.1, 0.15) is 30.8 Å². The minimum absolute atomic E-state index is 0.157. The minimum Gasteiger partial charge on any atom is -0.296 e. The molecule has 2 amide bonds. The third kappa shape index (κ3) is 3.31. The van der Waals surface area contributed by atoms with Crippen molar-refractivity contribution in [2.75, 3.05) is 4.90 Å². The number of anilines is 1. The van der Waals surface area contributed by atoms with Crippen LogP contribution in [-0.2, 0) is 21.3 Å². The number of hydrogen-bond acceptors (Lipinski definition) is 5. The van der Waals surface area contributed by atoms with Crippen LogP contribution in [0.2, 0.25) is 5.02 Å². The van der Waals surface area contributed by atoms with Gasteiger partial charge in [0.25, 0.3) is 5.56 Å². The van der Waals surface area contributed by atoms with E-state index in [0.29, 0.717) is 22.2 Å². The molecule has 208 valence electrons. The van der Waals surface area contributed by atoms with Crippen LogP contribution in [0.3, 0.4) is 0 Å². The normalized spacial score (nSPS) is 25.0. The van der Waals surface area contributed by atoms with E-state index in [1.807, 2.05) is 13.8 Å². The lowest BCUT2D eigenvalue weighted by atomic mass is 9.75. The van der Waals surface area contributed by atoms with Crippen LogP contribution < -0.4 is 15.8 Å². The van der Waals surface area contributed by atoms with Gasteiger partial charge in [0.2, 0.25) is 11.8 Å². The van der Waals surface area contributed by atoms with Gasteiger partial charge in [0.15, 0.2) is 0 Å². The summed E-state index contributed by atoms with van der Waals surface area (Å²) in [5, 5.41) is 3.79. The molecule has 7 rings (SSSR count). The summed E-state index contributed by atoms with van der Waals surface area (Å²) in [4.78, 5) is 48.0. The monoisotopic (exact) mass is 578 g/mol. The number of nitrogens with zero attached hydrogens (tertiary/aromatic N) is 3. The summed E-state index contributed by atoms with van der Waals surface area (Å²) >= 11 is 6.33. The maximum absolute atomic E-state index is 14.4. The van der Waals surface area contributed by atoms with Gasteiger partial charge in [0, 0.05) is 11.6 Å². The number of amides is 2. The van der Waals surface area contributed by atoms with Crippen LogP contribution >= 0.6 is 11.6 Å². The second-order valence-corrected chi connectivity index (χ2v) is 11.4. The highest BCUT2D eigenvalue weighted by Crippen LogP contribution is 2.57. The number of nitrogens with one attached hydrogen (secondary N) is 1. The van der Waals surface area contributed by atoms with E-state index in [1.165, 1.54) is 4.57 Å². The Labute approximate surface area is 236 Å². The van der Waals surface area contributed by atoms with E-state index in [2.05, 4.69) is 5.32 Å². The Kier molecular flexibility index (Phi) is 5.37. The maximum Gasteiger partial charge on any atom is 0.416 e. The molecule has 0 unspecified atom stereocenters. The quantitative estimate of drug-likeness (QED) is 0.337. The van der Waals surface area contributed by atoms with Gasteiger partial charge in [-0.3, -0.25) is 24.3 Å². The van der Waals surface area contributed by atoms with Gasteiger partial charge in [-0.15, -0.1) is 0 Å². The third-order valence-electron chi connectivity index (χ3n) is 8.53. The molecular weight excluding hydrogens is 557 g/mol. The standard InChI is InChI=1S/C30H22ClF3N4O3/c1-14(2)24-22-23(27(41)37(26(22)40)21-13-15(30(32,33)34)11-12-18(21)31)29(36-24)17-8-4-6-10-20(17)38-25(39)16-7-3-5-9-19(16)35-28(29)38/h3-14,22-24,36H,1-2H3/t22-,23-,24-,29+/m1/s1. The van der Waals surface area contributed by atoms with Gasteiger partial charge >= 0.3 is 6.18 Å². The van der Waals surface area contributed by atoms with E-state index < -0.39 is 47.0 Å². The van der Waals surface area contributed by atoms with Crippen molar-refractivity contribution in [1.29, 1.82) is 0 Å². The zero-order chi connectivity index (χ0) is 29.0. The number of benzene rings is 3. The Hall–Kier alpha value is -4.02. The van der Waals surface area contributed by atoms with Crippen LogP contribution in [0.15, 0.2) is 71.5 Å². The molecule has 1 aromatic heterocycles. The maximum atomic E-state index is 14.4. The summed E-state index contributed by atoms with van der Waals surface area (Å²) in [6.07, 6.45) is -4.71. The Balaban J connectivity index is 1.51. The highest BCUT2D eigenvalue weighted by atomic mass is 35.5. The summed E-state index contributed by atoms with van der Waals surface area (Å²) in [5.41, 5.74) is -1.52. The van der Waals surface area contributed by atoms with E-state index >= 15 is 0 Å². The number of halogens is 4. The van der Waals surface area contributed by atoms with Gasteiger partial charge in [-0.05, 0) is 42.3 Å². The Morgan fingerprint density at radius 3 is 2.39 bits per heavy atom. The predicted molar refractivity (Wildman–Crippen MR) is 146 cm³/mol. The van der Waals surface area contributed by atoms with Crippen molar-refractivity contribution in [3.05, 3.63) is 99.1 Å². The number of fused-ring (bicyclic) bond motifs is 8. The largest absolute Gasteiger partial charge is 0.416 e. The van der Waals surface area contributed by atoms with Crippen LogP contribution in [0.5, 0.6) is 0 Å². The molecule has 4 atom stereocenters. The predicted octanol–water partition coefficient (Wildman–Crippen LogP) is 5.05. The molecule has 7 nitrogen and oxygen atoms in total. The molecule has 1 N–H and O–H groups in total. The first kappa shape index (κ1) is 25.9. The van der Waals surface area contributed by atoms with Gasteiger partial charge in [-0.2, -0.15) is 13.2 Å². The van der Waals surface area contributed by atoms with Crippen molar-refractivity contribution >= 4 is 40.0 Å². The fraction of sp³-hybridized carbons (Fsp3) is 0.267. The highest BCUT2D eigenvalue weighted by Gasteiger charge is 2.70. The van der Waals surface area contributed by atoms with Crippen molar-refractivity contribution in [3.63, 3.8) is 0 Å². The van der Waals surface area contributed by atoms with E-state index in [0.717, 1.165) is 23.1 Å². The van der Waals surface area contributed by atoms with Gasteiger partial charge in [0.1, 0.15) is 11.4 Å². The molecule has 0 saturated carbocycles. The molecular formula is C30H22ClF3N4O3. The van der Waals surface area contributed by atoms with Crippen molar-refractivity contribution in [3.8, 4) is 5.69 Å². The number of rotatable bonds is 2. The number of hydrogen-bond donors (Lipinski definition) is 1. The highest BCUT2D eigenvalue weighted by molar-refractivity contribution is 6.36. The van der Waals surface area contributed by atoms with Crippen LogP contribution in [0, 0.1) is 17.8 Å². The Bertz CT molecular complexity index is 1870. The fourth-order valence-corrected chi connectivity index (χ4v) is 7.02. The Morgan fingerprint density at radius 2 is 1.66 bits per heavy atom. The van der Waals surface area contributed by atoms with Gasteiger partial charge in [-0.25, -0.2) is 9.88 Å². The molecule has 4 heterocycles. The minimum atomic E-state index is -4.71. The first-order valence-electron chi connectivity index (χ1n) is 13.1. The first-order chi connectivity index (χ1) is 19.5. The molecule has 0 bridgehead atoms. The van der Waals surface area contributed by atoms with Gasteiger partial charge < -0.3 is 0 Å². The number of aromatic nitrogens is 2. The zero-order valence-electron chi connectivity index (χ0n) is 21.7. The lowest BCUT2D eigenvalue weighted by Crippen LogP contribution is -2.51. The topological polar surface area (TPSA) is 84.3 Å². The average Bonchev–Trinajstić information content (AvgIpc) is 3.52. The second-order valence-electron chi connectivity index (χ2n) is 11.0. The number of carbonyl (C=O) groups is 2. The van der Waals surface area contributed by atoms with Crippen molar-refractivity contribution in [2.24, 2.45) is 17.8 Å². The summed E-state index contributed by atoms with van der Waals surface area (Å²) < 4.78 is 42.4. The smallest absolute Gasteiger partial charge is 0.296 e. The number of carbonyl (C=O) groups excluding carboxylic acids is 2. The number of imide groups is 1. The van der Waals surface area contributed by atoms with Crippen molar-refractivity contribution in [1.82, 2.24) is 14.9 Å². The molecule has 4 aromatic rings. The third-order valence-corrected chi connectivity index (χ3v) is 8.85. The Morgan fingerprint density at radius 1 is 0.951 bits per heavy atom. The van der Waals surface area contributed by atoms with Crippen molar-refractivity contribution < 1.29 is 22.8 Å². The van der Waals surface area contributed by atoms with E-state index in [4.69, 9.17) is 16.6 Å². The molecule has 1 spiro atoms. The lowest BCUT2D eigenvalue weighted by Gasteiger charge is -2.32. The molecule has 11 heteroatoms. The molecule has 41 heavy (non-hydrogen) atoms. The lowest BCUT2D eigenvalue weighted by molar-refractivity contribution is -0.137. The summed E-state index contributed by atoms with van der Waals surface area (Å²) in [6.45, 7) is 3.79. The molecule has 0 aliphatic carbocycles. The van der Waals surface area contributed by atoms with E-state index in [9.17, 15) is 27.6 Å². The fourth-order valence-electron chi connectivity index (χ4n) is 6.82. The van der Waals surface area contributed by atoms with E-state index in [1.54, 1.807) is 48.5 Å². The van der Waals surface area contributed by atoms with Crippen LogP contribution in [-0.4, -0.2) is 27.4 Å². The van der Waals surface area contributed by atoms with Crippen LogP contribution in [0.25, 0.3) is 16.6 Å². The van der Waals surface area contributed by atoms with E-state index in [-0.39, 0.29) is 28.0 Å². The first-order valence-corrected chi connectivity index (χ1v) is 13.5. The molecule has 3 aliphatic rings. The summed E-state index contributed by atoms with van der Waals surface area (Å²) in [5.74, 6) is -3.31. The molecule has 3 aromatic carbocycles. The van der Waals surface area contributed by atoms with Gasteiger partial charge in [-0.1, -0.05) is 55.8 Å².